The van der Waals surface area contributed by atoms with Crippen LogP contribution in [-0.2, 0) is 19.6 Å². The van der Waals surface area contributed by atoms with Crippen molar-refractivity contribution in [3.05, 3.63) is 30.3 Å². The van der Waals surface area contributed by atoms with Crippen LogP contribution in [0.2, 0.25) is 0 Å². The van der Waals surface area contributed by atoms with E-state index in [-0.39, 0.29) is 30.1 Å². The molecule has 0 saturated carbocycles. The summed E-state index contributed by atoms with van der Waals surface area (Å²) in [7, 11) is -3.13. The number of hydrogen-bond acceptors (Lipinski definition) is 4. The van der Waals surface area contributed by atoms with Crippen molar-refractivity contribution >= 4 is 27.5 Å². The van der Waals surface area contributed by atoms with Gasteiger partial charge < -0.3 is 10.2 Å². The Balaban J connectivity index is 1.47. The van der Waals surface area contributed by atoms with Gasteiger partial charge in [-0.2, -0.15) is 0 Å². The van der Waals surface area contributed by atoms with Gasteiger partial charge in [-0.15, -0.1) is 0 Å². The van der Waals surface area contributed by atoms with Gasteiger partial charge in [-0.1, -0.05) is 18.2 Å². The molecule has 1 aromatic carbocycles. The molecule has 1 aromatic rings. The number of rotatable bonds is 5. The van der Waals surface area contributed by atoms with E-state index in [4.69, 9.17) is 0 Å². The van der Waals surface area contributed by atoms with Crippen LogP contribution in [0.15, 0.2) is 30.3 Å². The van der Waals surface area contributed by atoms with E-state index in [0.717, 1.165) is 18.5 Å². The molecule has 26 heavy (non-hydrogen) atoms. The Morgan fingerprint density at radius 3 is 2.46 bits per heavy atom. The Morgan fingerprint density at radius 1 is 1.19 bits per heavy atom. The largest absolute Gasteiger partial charge is 0.356 e. The monoisotopic (exact) mass is 379 g/mol. The van der Waals surface area contributed by atoms with E-state index in [9.17, 15) is 18.0 Å². The minimum atomic E-state index is -3.13. The molecule has 1 unspecified atom stereocenters. The first-order valence-corrected chi connectivity index (χ1v) is 10.8. The molecule has 8 heteroatoms. The highest BCUT2D eigenvalue weighted by Crippen LogP contribution is 2.25. The Kier molecular flexibility index (Phi) is 5.62. The Morgan fingerprint density at radius 2 is 1.85 bits per heavy atom. The van der Waals surface area contributed by atoms with Crippen LogP contribution >= 0.6 is 0 Å². The standard InChI is InChI=1S/C18H25N3O4S/c1-26(24,25)20-9-7-14(8-10-20)12-19-18(23)15-11-17(22)21(13-15)16-5-3-2-4-6-16/h2-6,14-15H,7-13H2,1H3,(H,19,23). The number of nitrogens with one attached hydrogen (secondary N) is 1. The molecule has 0 aromatic heterocycles. The number of piperidine rings is 1. The van der Waals surface area contributed by atoms with Gasteiger partial charge in [0.1, 0.15) is 0 Å². The molecule has 142 valence electrons. The zero-order valence-electron chi connectivity index (χ0n) is 14.9. The zero-order chi connectivity index (χ0) is 18.7. The second kappa shape index (κ2) is 7.75. The molecule has 1 N–H and O–H groups in total. The highest BCUT2D eigenvalue weighted by Gasteiger charge is 2.35. The van der Waals surface area contributed by atoms with Gasteiger partial charge in [0, 0.05) is 38.3 Å². The smallest absolute Gasteiger partial charge is 0.227 e. The zero-order valence-corrected chi connectivity index (χ0v) is 15.7. The van der Waals surface area contributed by atoms with E-state index < -0.39 is 10.0 Å². The first-order chi connectivity index (χ1) is 12.3. The molecule has 2 aliphatic rings. The number of hydrogen-bond donors (Lipinski definition) is 1. The van der Waals surface area contributed by atoms with Gasteiger partial charge in [-0.05, 0) is 30.9 Å². The summed E-state index contributed by atoms with van der Waals surface area (Å²) in [5.41, 5.74) is 0.820. The third-order valence-electron chi connectivity index (χ3n) is 5.17. The van der Waals surface area contributed by atoms with Crippen LogP contribution in [0.1, 0.15) is 19.3 Å². The number of amides is 2. The molecule has 2 amide bonds. The van der Waals surface area contributed by atoms with Crippen LogP contribution in [0.5, 0.6) is 0 Å². The van der Waals surface area contributed by atoms with E-state index in [1.165, 1.54) is 10.6 Å². The number of nitrogens with zero attached hydrogens (tertiary/aromatic N) is 2. The number of carbonyl (C=O) groups excluding carboxylic acids is 2. The van der Waals surface area contributed by atoms with Crippen LogP contribution in [0, 0.1) is 11.8 Å². The van der Waals surface area contributed by atoms with Gasteiger partial charge in [0.2, 0.25) is 21.8 Å². The molecule has 2 fully saturated rings. The van der Waals surface area contributed by atoms with Crippen LogP contribution < -0.4 is 10.2 Å². The molecule has 2 heterocycles. The van der Waals surface area contributed by atoms with Crippen LogP contribution in [0.4, 0.5) is 5.69 Å². The molecule has 0 radical (unpaired) electrons. The summed E-state index contributed by atoms with van der Waals surface area (Å²) in [6.45, 7) is 1.94. The lowest BCUT2D eigenvalue weighted by Gasteiger charge is -2.30. The second-order valence-electron chi connectivity index (χ2n) is 7.09. The minimum absolute atomic E-state index is 0.0298. The molecule has 3 rings (SSSR count). The molecule has 0 spiro atoms. The van der Waals surface area contributed by atoms with Crippen LogP contribution in [-0.4, -0.2) is 57.0 Å². The van der Waals surface area contributed by atoms with Gasteiger partial charge in [0.05, 0.1) is 12.2 Å². The number of carbonyl (C=O) groups is 2. The quantitative estimate of drug-likeness (QED) is 0.821. The Bertz CT molecular complexity index is 758. The fraction of sp³-hybridized carbons (Fsp3) is 0.556. The highest BCUT2D eigenvalue weighted by molar-refractivity contribution is 7.88. The van der Waals surface area contributed by atoms with Crippen molar-refractivity contribution < 1.29 is 18.0 Å². The topological polar surface area (TPSA) is 86.8 Å². The maximum atomic E-state index is 12.4. The van der Waals surface area contributed by atoms with Crippen molar-refractivity contribution in [3.63, 3.8) is 0 Å². The third kappa shape index (κ3) is 4.42. The van der Waals surface area contributed by atoms with Crippen LogP contribution in [0.25, 0.3) is 0 Å². The molecule has 1 atom stereocenters. The van der Waals surface area contributed by atoms with Crippen molar-refractivity contribution in [2.24, 2.45) is 11.8 Å². The van der Waals surface area contributed by atoms with Crippen LogP contribution in [0.3, 0.4) is 0 Å². The van der Waals surface area contributed by atoms with Gasteiger partial charge >= 0.3 is 0 Å². The Labute approximate surface area is 154 Å². The lowest BCUT2D eigenvalue weighted by molar-refractivity contribution is -0.126. The molecule has 2 aliphatic heterocycles. The van der Waals surface area contributed by atoms with Gasteiger partial charge in [0.15, 0.2) is 0 Å². The minimum Gasteiger partial charge on any atom is -0.356 e. The molecule has 7 nitrogen and oxygen atoms in total. The average Bonchev–Trinajstić information content (AvgIpc) is 3.02. The maximum absolute atomic E-state index is 12.4. The molecule has 2 saturated heterocycles. The van der Waals surface area contributed by atoms with Crippen molar-refractivity contribution in [2.75, 3.05) is 37.3 Å². The lowest BCUT2D eigenvalue weighted by atomic mass is 9.97. The highest BCUT2D eigenvalue weighted by atomic mass is 32.2. The summed E-state index contributed by atoms with van der Waals surface area (Å²) in [5.74, 6) is -0.182. The first-order valence-electron chi connectivity index (χ1n) is 8.93. The fourth-order valence-corrected chi connectivity index (χ4v) is 4.45. The summed E-state index contributed by atoms with van der Waals surface area (Å²) in [6.07, 6.45) is 2.94. The van der Waals surface area contributed by atoms with Crippen molar-refractivity contribution in [3.8, 4) is 0 Å². The third-order valence-corrected chi connectivity index (χ3v) is 6.47. The average molecular weight is 379 g/mol. The maximum Gasteiger partial charge on any atom is 0.227 e. The van der Waals surface area contributed by atoms with Crippen molar-refractivity contribution in [2.45, 2.75) is 19.3 Å². The van der Waals surface area contributed by atoms with Crippen molar-refractivity contribution in [1.82, 2.24) is 9.62 Å². The normalized spacial score (nSPS) is 22.6. The number of para-hydroxylation sites is 1. The summed E-state index contributed by atoms with van der Waals surface area (Å²) in [6, 6.07) is 9.38. The predicted octanol–water partition coefficient (Wildman–Crippen LogP) is 0.827. The molecular weight excluding hydrogens is 354 g/mol. The summed E-state index contributed by atoms with van der Waals surface area (Å²) in [4.78, 5) is 26.3. The molecular formula is C18H25N3O4S. The Hall–Kier alpha value is -1.93. The van der Waals surface area contributed by atoms with E-state index in [1.807, 2.05) is 30.3 Å². The first kappa shape index (κ1) is 18.8. The number of sulfonamides is 1. The second-order valence-corrected chi connectivity index (χ2v) is 9.07. The number of anilines is 1. The summed E-state index contributed by atoms with van der Waals surface area (Å²) >= 11 is 0. The van der Waals surface area contributed by atoms with Gasteiger partial charge in [0.25, 0.3) is 0 Å². The van der Waals surface area contributed by atoms with Gasteiger partial charge in [-0.3, -0.25) is 9.59 Å². The lowest BCUT2D eigenvalue weighted by Crippen LogP contribution is -2.42. The van der Waals surface area contributed by atoms with E-state index in [0.29, 0.717) is 26.2 Å². The fourth-order valence-electron chi connectivity index (χ4n) is 3.57. The van der Waals surface area contributed by atoms with E-state index in [1.54, 1.807) is 4.90 Å². The number of benzene rings is 1. The summed E-state index contributed by atoms with van der Waals surface area (Å²) in [5, 5.41) is 2.95. The van der Waals surface area contributed by atoms with Crippen molar-refractivity contribution in [1.29, 1.82) is 0 Å². The van der Waals surface area contributed by atoms with E-state index >= 15 is 0 Å². The SMILES string of the molecule is CS(=O)(=O)N1CCC(CNC(=O)C2CC(=O)N(c3ccccc3)C2)CC1. The van der Waals surface area contributed by atoms with Gasteiger partial charge in [-0.25, -0.2) is 12.7 Å². The van der Waals surface area contributed by atoms with E-state index in [2.05, 4.69) is 5.32 Å². The predicted molar refractivity (Wildman–Crippen MR) is 99.1 cm³/mol. The molecule has 0 aliphatic carbocycles. The molecule has 0 bridgehead atoms. The summed E-state index contributed by atoms with van der Waals surface area (Å²) < 4.78 is 24.5.